The van der Waals surface area contributed by atoms with Gasteiger partial charge >= 0.3 is 5.63 Å². The first-order chi connectivity index (χ1) is 14.6. The van der Waals surface area contributed by atoms with E-state index in [0.717, 1.165) is 31.5 Å². The minimum atomic E-state index is -0.558. The molecular formula is C23H25NO6. The zero-order valence-corrected chi connectivity index (χ0v) is 17.3. The first kappa shape index (κ1) is 20.1. The van der Waals surface area contributed by atoms with Gasteiger partial charge in [-0.25, -0.2) is 4.79 Å². The highest BCUT2D eigenvalue weighted by molar-refractivity contribution is 5.84. The summed E-state index contributed by atoms with van der Waals surface area (Å²) in [7, 11) is 4.64. The minimum absolute atomic E-state index is 0.0625. The Bertz CT molecular complexity index is 1090. The Hall–Kier alpha value is -3.19. The number of aromatic hydroxyl groups is 1. The predicted octanol–water partition coefficient (Wildman–Crippen LogP) is 3.71. The standard InChI is InChI=1S/C23H25NO6/c1-27-17-12-14(13-18(28-2)22(17)29-3)20(24-10-6-7-11-24)19-21(25)15-8-4-5-9-16(15)30-23(19)26/h4-5,8-9,12-13,20,25H,6-7,10-11H2,1-3H3. The fourth-order valence-corrected chi connectivity index (χ4v) is 4.21. The van der Waals surface area contributed by atoms with Crippen molar-refractivity contribution in [3.63, 3.8) is 0 Å². The summed E-state index contributed by atoms with van der Waals surface area (Å²) in [5.74, 6) is 1.38. The summed E-state index contributed by atoms with van der Waals surface area (Å²) in [6, 6.07) is 10.1. The lowest BCUT2D eigenvalue weighted by molar-refractivity contribution is 0.266. The largest absolute Gasteiger partial charge is 0.507 e. The zero-order valence-electron chi connectivity index (χ0n) is 17.3. The summed E-state index contributed by atoms with van der Waals surface area (Å²) in [6.07, 6.45) is 2.03. The summed E-state index contributed by atoms with van der Waals surface area (Å²) in [5.41, 5.74) is 0.764. The van der Waals surface area contributed by atoms with E-state index < -0.39 is 11.7 Å². The Balaban J connectivity index is 1.98. The number of fused-ring (bicyclic) bond motifs is 1. The Morgan fingerprint density at radius 1 is 1.00 bits per heavy atom. The Labute approximate surface area is 174 Å². The number of likely N-dealkylation sites (tertiary alicyclic amines) is 1. The summed E-state index contributed by atoms with van der Waals surface area (Å²) in [5, 5.41) is 11.6. The van der Waals surface area contributed by atoms with Crippen molar-refractivity contribution in [2.45, 2.75) is 18.9 Å². The number of para-hydroxylation sites is 1. The van der Waals surface area contributed by atoms with Crippen LogP contribution in [0, 0.1) is 0 Å². The first-order valence-corrected chi connectivity index (χ1v) is 9.87. The number of hydrogen-bond donors (Lipinski definition) is 1. The van der Waals surface area contributed by atoms with E-state index in [1.165, 1.54) is 0 Å². The first-order valence-electron chi connectivity index (χ1n) is 9.87. The van der Waals surface area contributed by atoms with Gasteiger partial charge in [-0.3, -0.25) is 4.90 Å². The van der Waals surface area contributed by atoms with Gasteiger partial charge in [-0.2, -0.15) is 0 Å². The van der Waals surface area contributed by atoms with Gasteiger partial charge in [0.25, 0.3) is 0 Å². The maximum atomic E-state index is 13.0. The highest BCUT2D eigenvalue weighted by Gasteiger charge is 2.33. The maximum absolute atomic E-state index is 13.0. The van der Waals surface area contributed by atoms with E-state index in [-0.39, 0.29) is 11.3 Å². The average Bonchev–Trinajstić information content (AvgIpc) is 3.29. The molecule has 3 aromatic rings. The van der Waals surface area contributed by atoms with Crippen LogP contribution in [0.4, 0.5) is 0 Å². The lowest BCUT2D eigenvalue weighted by atomic mass is 9.95. The average molecular weight is 411 g/mol. The highest BCUT2D eigenvalue weighted by Crippen LogP contribution is 2.44. The van der Waals surface area contributed by atoms with Gasteiger partial charge in [0, 0.05) is 0 Å². The second-order valence-electron chi connectivity index (χ2n) is 7.25. The second-order valence-corrected chi connectivity index (χ2v) is 7.25. The van der Waals surface area contributed by atoms with Crippen LogP contribution in [0.5, 0.6) is 23.0 Å². The van der Waals surface area contributed by atoms with Crippen LogP contribution in [0.15, 0.2) is 45.6 Å². The van der Waals surface area contributed by atoms with Crippen LogP contribution in [-0.4, -0.2) is 44.4 Å². The van der Waals surface area contributed by atoms with E-state index in [2.05, 4.69) is 4.90 Å². The van der Waals surface area contributed by atoms with Gasteiger partial charge < -0.3 is 23.7 Å². The van der Waals surface area contributed by atoms with Crippen LogP contribution in [0.3, 0.4) is 0 Å². The Morgan fingerprint density at radius 2 is 1.63 bits per heavy atom. The smallest absolute Gasteiger partial charge is 0.345 e. The fraction of sp³-hybridized carbons (Fsp3) is 0.348. The third kappa shape index (κ3) is 3.35. The molecule has 0 amide bonds. The molecule has 1 unspecified atom stereocenters. The van der Waals surface area contributed by atoms with E-state index in [9.17, 15) is 9.90 Å². The van der Waals surface area contributed by atoms with Gasteiger partial charge in [0.05, 0.1) is 32.8 Å². The lowest BCUT2D eigenvalue weighted by Crippen LogP contribution is -2.30. The third-order valence-electron chi connectivity index (χ3n) is 5.60. The van der Waals surface area contributed by atoms with Crippen molar-refractivity contribution in [2.24, 2.45) is 0 Å². The molecule has 1 N–H and O–H groups in total. The van der Waals surface area contributed by atoms with Crippen LogP contribution >= 0.6 is 0 Å². The molecule has 1 aliphatic heterocycles. The molecule has 2 heterocycles. The molecule has 30 heavy (non-hydrogen) atoms. The highest BCUT2D eigenvalue weighted by atomic mass is 16.5. The van der Waals surface area contributed by atoms with Gasteiger partial charge in [0.2, 0.25) is 5.75 Å². The second kappa shape index (κ2) is 8.28. The van der Waals surface area contributed by atoms with Crippen LogP contribution in [-0.2, 0) is 0 Å². The summed E-state index contributed by atoms with van der Waals surface area (Å²) in [4.78, 5) is 15.2. The minimum Gasteiger partial charge on any atom is -0.507 e. The molecule has 7 heteroatoms. The molecular weight excluding hydrogens is 386 g/mol. The van der Waals surface area contributed by atoms with Crippen molar-refractivity contribution in [1.29, 1.82) is 0 Å². The predicted molar refractivity (Wildman–Crippen MR) is 113 cm³/mol. The van der Waals surface area contributed by atoms with Gasteiger partial charge in [0.15, 0.2) is 11.5 Å². The number of rotatable bonds is 6. The van der Waals surface area contributed by atoms with Gasteiger partial charge in [0.1, 0.15) is 16.9 Å². The van der Waals surface area contributed by atoms with Crippen LogP contribution in [0.1, 0.15) is 30.0 Å². The molecule has 158 valence electrons. The van der Waals surface area contributed by atoms with Crippen molar-refractivity contribution < 1.29 is 23.7 Å². The molecule has 1 aromatic heterocycles. The molecule has 0 spiro atoms. The fourth-order valence-electron chi connectivity index (χ4n) is 4.21. The molecule has 0 bridgehead atoms. The van der Waals surface area contributed by atoms with Crippen molar-refractivity contribution in [3.05, 3.63) is 57.9 Å². The molecule has 4 rings (SSSR count). The number of ether oxygens (including phenoxy) is 3. The topological polar surface area (TPSA) is 81.4 Å². The third-order valence-corrected chi connectivity index (χ3v) is 5.60. The molecule has 1 fully saturated rings. The number of benzene rings is 2. The van der Waals surface area contributed by atoms with Crippen LogP contribution in [0.2, 0.25) is 0 Å². The van der Waals surface area contributed by atoms with E-state index in [1.54, 1.807) is 45.6 Å². The molecule has 2 aromatic carbocycles. The van der Waals surface area contributed by atoms with Gasteiger partial charge in [-0.15, -0.1) is 0 Å². The molecule has 0 radical (unpaired) electrons. The van der Waals surface area contributed by atoms with E-state index in [4.69, 9.17) is 18.6 Å². The molecule has 0 aliphatic carbocycles. The summed E-state index contributed by atoms with van der Waals surface area (Å²) in [6.45, 7) is 1.60. The number of methoxy groups -OCH3 is 3. The normalized spacial score (nSPS) is 15.3. The van der Waals surface area contributed by atoms with Crippen LogP contribution in [0.25, 0.3) is 11.0 Å². The van der Waals surface area contributed by atoms with Crippen LogP contribution < -0.4 is 19.8 Å². The van der Waals surface area contributed by atoms with Crippen molar-refractivity contribution in [1.82, 2.24) is 4.90 Å². The van der Waals surface area contributed by atoms with E-state index in [1.807, 2.05) is 12.1 Å². The zero-order chi connectivity index (χ0) is 21.3. The SMILES string of the molecule is COc1cc(C(c2c(O)c3ccccc3oc2=O)N2CCCC2)cc(OC)c1OC. The quantitative estimate of drug-likeness (QED) is 0.619. The Kier molecular flexibility index (Phi) is 5.55. The summed E-state index contributed by atoms with van der Waals surface area (Å²) < 4.78 is 22.0. The summed E-state index contributed by atoms with van der Waals surface area (Å²) >= 11 is 0. The van der Waals surface area contributed by atoms with E-state index in [0.29, 0.717) is 28.2 Å². The van der Waals surface area contributed by atoms with Crippen molar-refractivity contribution in [2.75, 3.05) is 34.4 Å². The molecule has 7 nitrogen and oxygen atoms in total. The number of nitrogens with zero attached hydrogens (tertiary/aromatic N) is 1. The lowest BCUT2D eigenvalue weighted by Gasteiger charge is -2.29. The van der Waals surface area contributed by atoms with Gasteiger partial charge in [-0.05, 0) is 55.8 Å². The molecule has 1 aliphatic rings. The van der Waals surface area contributed by atoms with Crippen molar-refractivity contribution in [3.8, 4) is 23.0 Å². The van der Waals surface area contributed by atoms with E-state index >= 15 is 0 Å². The molecule has 0 saturated carbocycles. The molecule has 1 saturated heterocycles. The Morgan fingerprint density at radius 3 is 2.23 bits per heavy atom. The monoisotopic (exact) mass is 411 g/mol. The maximum Gasteiger partial charge on any atom is 0.345 e. The molecule has 1 atom stereocenters. The van der Waals surface area contributed by atoms with Gasteiger partial charge in [-0.1, -0.05) is 12.1 Å². The number of hydrogen-bond acceptors (Lipinski definition) is 7. The van der Waals surface area contributed by atoms with Crippen molar-refractivity contribution >= 4 is 11.0 Å².